The normalized spacial score (nSPS) is 10.4. The standard InChI is InChI=1S/C10H15NO4S/c1-13-5-6-15-4-3-9-11-7-8(16-9)10(12)14-2/h7H,3-6H2,1-2H3. The third-order valence-electron chi connectivity index (χ3n) is 1.83. The predicted molar refractivity (Wildman–Crippen MR) is 59.9 cm³/mol. The first kappa shape index (κ1) is 13.1. The average Bonchev–Trinajstić information content (AvgIpc) is 2.76. The molecule has 0 bridgehead atoms. The van der Waals surface area contributed by atoms with E-state index in [0.29, 0.717) is 31.1 Å². The number of rotatable bonds is 7. The van der Waals surface area contributed by atoms with Crippen LogP contribution in [0.1, 0.15) is 14.7 Å². The van der Waals surface area contributed by atoms with Crippen LogP contribution in [0, 0.1) is 0 Å². The van der Waals surface area contributed by atoms with E-state index in [9.17, 15) is 4.79 Å². The van der Waals surface area contributed by atoms with Gasteiger partial charge in [0.25, 0.3) is 0 Å². The molecule has 0 radical (unpaired) electrons. The van der Waals surface area contributed by atoms with Crippen LogP contribution < -0.4 is 0 Å². The van der Waals surface area contributed by atoms with Crippen LogP contribution in [-0.4, -0.2) is 45.0 Å². The Kier molecular flexibility index (Phi) is 5.99. The second-order valence-corrected chi connectivity index (χ2v) is 4.08. The van der Waals surface area contributed by atoms with E-state index in [1.165, 1.54) is 24.6 Å². The number of thiazole rings is 1. The maximum absolute atomic E-state index is 11.1. The molecule has 0 saturated carbocycles. The smallest absolute Gasteiger partial charge is 0.349 e. The second-order valence-electron chi connectivity index (χ2n) is 2.97. The van der Waals surface area contributed by atoms with Gasteiger partial charge in [-0.2, -0.15) is 0 Å². The Morgan fingerprint density at radius 1 is 1.38 bits per heavy atom. The minimum Gasteiger partial charge on any atom is -0.465 e. The molecule has 90 valence electrons. The number of carbonyl (C=O) groups is 1. The van der Waals surface area contributed by atoms with Crippen molar-refractivity contribution < 1.29 is 19.0 Å². The Hall–Kier alpha value is -0.980. The summed E-state index contributed by atoms with van der Waals surface area (Å²) in [5.74, 6) is -0.343. The van der Waals surface area contributed by atoms with E-state index in [2.05, 4.69) is 9.72 Å². The lowest BCUT2D eigenvalue weighted by Gasteiger charge is -2.00. The van der Waals surface area contributed by atoms with Gasteiger partial charge >= 0.3 is 5.97 Å². The zero-order valence-electron chi connectivity index (χ0n) is 9.39. The summed E-state index contributed by atoms with van der Waals surface area (Å²) in [4.78, 5) is 15.8. The molecule has 0 amide bonds. The lowest BCUT2D eigenvalue weighted by Crippen LogP contribution is -2.04. The number of ether oxygens (including phenoxy) is 3. The van der Waals surface area contributed by atoms with Gasteiger partial charge in [-0.3, -0.25) is 0 Å². The number of nitrogens with zero attached hydrogens (tertiary/aromatic N) is 1. The molecule has 16 heavy (non-hydrogen) atoms. The second kappa shape index (κ2) is 7.32. The molecule has 0 spiro atoms. The van der Waals surface area contributed by atoms with Gasteiger partial charge in [0.1, 0.15) is 4.88 Å². The van der Waals surface area contributed by atoms with Gasteiger partial charge in [-0.15, -0.1) is 11.3 Å². The molecule has 1 rings (SSSR count). The highest BCUT2D eigenvalue weighted by Crippen LogP contribution is 2.14. The fraction of sp³-hybridized carbons (Fsp3) is 0.600. The molecule has 0 aliphatic heterocycles. The monoisotopic (exact) mass is 245 g/mol. The molecule has 5 nitrogen and oxygen atoms in total. The third-order valence-corrected chi connectivity index (χ3v) is 2.87. The predicted octanol–water partition coefficient (Wildman–Crippen LogP) is 1.14. The van der Waals surface area contributed by atoms with E-state index < -0.39 is 0 Å². The number of hydrogen-bond donors (Lipinski definition) is 0. The number of methoxy groups -OCH3 is 2. The van der Waals surface area contributed by atoms with Crippen molar-refractivity contribution in [3.63, 3.8) is 0 Å². The van der Waals surface area contributed by atoms with Crippen molar-refractivity contribution in [2.75, 3.05) is 34.0 Å². The molecule has 0 aromatic carbocycles. The van der Waals surface area contributed by atoms with Crippen LogP contribution in [0.2, 0.25) is 0 Å². The zero-order chi connectivity index (χ0) is 11.8. The molecule has 1 heterocycles. The Bertz CT molecular complexity index is 326. The van der Waals surface area contributed by atoms with Gasteiger partial charge in [0.2, 0.25) is 0 Å². The molecule has 0 atom stereocenters. The van der Waals surface area contributed by atoms with E-state index in [0.717, 1.165) is 5.01 Å². The zero-order valence-corrected chi connectivity index (χ0v) is 10.2. The maximum atomic E-state index is 11.1. The van der Waals surface area contributed by atoms with Gasteiger partial charge in [0.05, 0.1) is 38.1 Å². The largest absolute Gasteiger partial charge is 0.465 e. The van der Waals surface area contributed by atoms with Crippen LogP contribution in [0.15, 0.2) is 6.20 Å². The SMILES string of the molecule is COCCOCCc1ncc(C(=O)OC)s1. The molecule has 1 aromatic heterocycles. The minimum atomic E-state index is -0.343. The van der Waals surface area contributed by atoms with Crippen molar-refractivity contribution in [3.05, 3.63) is 16.1 Å². The molecular weight excluding hydrogens is 230 g/mol. The summed E-state index contributed by atoms with van der Waals surface area (Å²) in [7, 11) is 2.99. The summed E-state index contributed by atoms with van der Waals surface area (Å²) >= 11 is 1.33. The van der Waals surface area contributed by atoms with Crippen molar-refractivity contribution in [3.8, 4) is 0 Å². The van der Waals surface area contributed by atoms with Crippen molar-refractivity contribution in [1.29, 1.82) is 0 Å². The highest BCUT2D eigenvalue weighted by molar-refractivity contribution is 7.13. The fourth-order valence-electron chi connectivity index (χ4n) is 1.02. The molecule has 6 heteroatoms. The molecule has 0 saturated heterocycles. The van der Waals surface area contributed by atoms with Gasteiger partial charge in [-0.1, -0.05) is 0 Å². The van der Waals surface area contributed by atoms with Crippen molar-refractivity contribution in [2.45, 2.75) is 6.42 Å². The van der Waals surface area contributed by atoms with Crippen LogP contribution in [0.25, 0.3) is 0 Å². The third kappa shape index (κ3) is 4.26. The van der Waals surface area contributed by atoms with Crippen LogP contribution >= 0.6 is 11.3 Å². The van der Waals surface area contributed by atoms with Crippen molar-refractivity contribution in [1.82, 2.24) is 4.98 Å². The molecule has 0 aliphatic carbocycles. The summed E-state index contributed by atoms with van der Waals surface area (Å²) in [5.41, 5.74) is 0. The number of aromatic nitrogens is 1. The Balaban J connectivity index is 2.27. The van der Waals surface area contributed by atoms with Crippen LogP contribution in [0.4, 0.5) is 0 Å². The lowest BCUT2D eigenvalue weighted by atomic mass is 10.5. The molecule has 1 aromatic rings. The van der Waals surface area contributed by atoms with E-state index in [4.69, 9.17) is 9.47 Å². The van der Waals surface area contributed by atoms with Crippen molar-refractivity contribution >= 4 is 17.3 Å². The number of esters is 1. The number of hydrogen-bond acceptors (Lipinski definition) is 6. The maximum Gasteiger partial charge on any atom is 0.349 e. The average molecular weight is 245 g/mol. The Morgan fingerprint density at radius 3 is 2.88 bits per heavy atom. The van der Waals surface area contributed by atoms with E-state index in [-0.39, 0.29) is 5.97 Å². The van der Waals surface area contributed by atoms with Gasteiger partial charge in [0, 0.05) is 13.5 Å². The quantitative estimate of drug-likeness (QED) is 0.532. The first-order valence-corrected chi connectivity index (χ1v) is 5.69. The van der Waals surface area contributed by atoms with Crippen LogP contribution in [0.5, 0.6) is 0 Å². The molecule has 0 unspecified atom stereocenters. The highest BCUT2D eigenvalue weighted by atomic mass is 32.1. The van der Waals surface area contributed by atoms with E-state index >= 15 is 0 Å². The summed E-state index contributed by atoms with van der Waals surface area (Å²) in [5, 5.41) is 0.873. The molecular formula is C10H15NO4S. The van der Waals surface area contributed by atoms with Gasteiger partial charge in [-0.25, -0.2) is 9.78 Å². The number of carbonyl (C=O) groups excluding carboxylic acids is 1. The summed E-state index contributed by atoms with van der Waals surface area (Å²) < 4.78 is 14.7. The first-order chi connectivity index (χ1) is 7.77. The van der Waals surface area contributed by atoms with Crippen LogP contribution in [-0.2, 0) is 20.6 Å². The summed E-state index contributed by atoms with van der Waals surface area (Å²) in [6.07, 6.45) is 2.23. The highest BCUT2D eigenvalue weighted by Gasteiger charge is 2.09. The van der Waals surface area contributed by atoms with Gasteiger partial charge in [-0.05, 0) is 0 Å². The van der Waals surface area contributed by atoms with E-state index in [1.54, 1.807) is 7.11 Å². The fourth-order valence-corrected chi connectivity index (χ4v) is 1.84. The molecule has 0 aliphatic rings. The topological polar surface area (TPSA) is 57.7 Å². The summed E-state index contributed by atoms with van der Waals surface area (Å²) in [6.45, 7) is 1.74. The lowest BCUT2D eigenvalue weighted by molar-refractivity contribution is 0.0606. The van der Waals surface area contributed by atoms with Gasteiger partial charge < -0.3 is 14.2 Å². The summed E-state index contributed by atoms with van der Waals surface area (Å²) in [6, 6.07) is 0. The Labute approximate surface area is 98.3 Å². The van der Waals surface area contributed by atoms with E-state index in [1.807, 2.05) is 0 Å². The van der Waals surface area contributed by atoms with Crippen LogP contribution in [0.3, 0.4) is 0 Å². The molecule has 0 N–H and O–H groups in total. The molecule has 0 fully saturated rings. The Morgan fingerprint density at radius 2 is 2.19 bits per heavy atom. The minimum absolute atomic E-state index is 0.343. The first-order valence-electron chi connectivity index (χ1n) is 4.87. The van der Waals surface area contributed by atoms with Crippen molar-refractivity contribution in [2.24, 2.45) is 0 Å². The van der Waals surface area contributed by atoms with Gasteiger partial charge in [0.15, 0.2) is 0 Å².